The zero-order chi connectivity index (χ0) is 16.3. The zero-order valence-corrected chi connectivity index (χ0v) is 13.8. The Hall–Kier alpha value is -2.21. The summed E-state index contributed by atoms with van der Waals surface area (Å²) in [5.74, 6) is 1.01. The van der Waals surface area contributed by atoms with Gasteiger partial charge in [-0.2, -0.15) is 0 Å². The Morgan fingerprint density at radius 2 is 1.55 bits per heavy atom. The molecule has 0 aliphatic carbocycles. The van der Waals surface area contributed by atoms with E-state index >= 15 is 0 Å². The summed E-state index contributed by atoms with van der Waals surface area (Å²) in [4.78, 5) is 0.114. The molecule has 0 spiro atoms. The summed E-state index contributed by atoms with van der Waals surface area (Å²) in [5.41, 5.74) is 2.16. The van der Waals surface area contributed by atoms with Crippen LogP contribution in [0.3, 0.4) is 0 Å². The van der Waals surface area contributed by atoms with E-state index in [0.29, 0.717) is 17.2 Å². The molecule has 0 bridgehead atoms. The van der Waals surface area contributed by atoms with E-state index < -0.39 is 10.0 Å². The molecule has 0 atom stereocenters. The lowest BCUT2D eigenvalue weighted by Gasteiger charge is -2.13. The van der Waals surface area contributed by atoms with Gasteiger partial charge in [-0.15, -0.1) is 0 Å². The Bertz CT molecular complexity index is 785. The van der Waals surface area contributed by atoms with E-state index in [2.05, 4.69) is 4.72 Å². The first kappa shape index (κ1) is 16.2. The Morgan fingerprint density at radius 3 is 2.14 bits per heavy atom. The highest BCUT2D eigenvalue weighted by atomic mass is 32.2. The average molecular weight is 321 g/mol. The summed E-state index contributed by atoms with van der Waals surface area (Å²) in [6.45, 7) is 3.68. The molecule has 6 heteroatoms. The predicted octanol–water partition coefficient (Wildman–Crippen LogP) is 3.12. The zero-order valence-electron chi connectivity index (χ0n) is 13.0. The van der Waals surface area contributed by atoms with Crippen LogP contribution in [0.4, 0.5) is 5.69 Å². The Morgan fingerprint density at radius 1 is 0.909 bits per heavy atom. The summed E-state index contributed by atoms with van der Waals surface area (Å²) < 4.78 is 38.0. The summed E-state index contributed by atoms with van der Waals surface area (Å²) in [6, 6.07) is 10.1. The molecule has 2 rings (SSSR count). The number of aryl methyl sites for hydroxylation is 2. The molecule has 0 radical (unpaired) electrons. The van der Waals surface area contributed by atoms with Crippen molar-refractivity contribution in [2.75, 3.05) is 18.9 Å². The van der Waals surface area contributed by atoms with Crippen molar-refractivity contribution in [1.82, 2.24) is 0 Å². The van der Waals surface area contributed by atoms with Crippen LogP contribution in [0.2, 0.25) is 0 Å². The van der Waals surface area contributed by atoms with Gasteiger partial charge in [0.1, 0.15) is 16.4 Å². The van der Waals surface area contributed by atoms with Gasteiger partial charge in [-0.3, -0.25) is 4.72 Å². The molecule has 0 amide bonds. The van der Waals surface area contributed by atoms with Crippen LogP contribution in [-0.2, 0) is 10.0 Å². The number of nitrogens with one attached hydrogen (secondary N) is 1. The van der Waals surface area contributed by atoms with Crippen LogP contribution in [0.25, 0.3) is 0 Å². The van der Waals surface area contributed by atoms with Crippen LogP contribution >= 0.6 is 0 Å². The number of hydrogen-bond acceptors (Lipinski definition) is 4. The van der Waals surface area contributed by atoms with Crippen LogP contribution in [-0.4, -0.2) is 22.6 Å². The number of sulfonamides is 1. The molecule has 2 aromatic rings. The summed E-state index contributed by atoms with van der Waals surface area (Å²) in [5, 5.41) is 0. The lowest BCUT2D eigenvalue weighted by atomic mass is 10.2. The molecule has 0 fully saturated rings. The van der Waals surface area contributed by atoms with Crippen LogP contribution in [0.5, 0.6) is 11.5 Å². The average Bonchev–Trinajstić information content (AvgIpc) is 2.47. The highest BCUT2D eigenvalue weighted by Gasteiger charge is 2.20. The molecule has 0 aromatic heterocycles. The third-order valence-corrected chi connectivity index (χ3v) is 4.66. The summed E-state index contributed by atoms with van der Waals surface area (Å²) >= 11 is 0. The minimum atomic E-state index is -3.73. The van der Waals surface area contributed by atoms with Gasteiger partial charge in [0, 0.05) is 5.69 Å². The fraction of sp³-hybridized carbons (Fsp3) is 0.250. The van der Waals surface area contributed by atoms with Gasteiger partial charge >= 0.3 is 0 Å². The number of rotatable bonds is 5. The van der Waals surface area contributed by atoms with Gasteiger partial charge in [0.25, 0.3) is 10.0 Å². The number of anilines is 1. The topological polar surface area (TPSA) is 64.6 Å². The van der Waals surface area contributed by atoms with Crippen LogP contribution in [0.15, 0.2) is 41.3 Å². The smallest absolute Gasteiger partial charge is 0.265 e. The second-order valence-electron chi connectivity index (χ2n) is 4.94. The molecule has 0 aliphatic heterocycles. The Kier molecular flexibility index (Phi) is 4.61. The number of methoxy groups -OCH3 is 2. The van der Waals surface area contributed by atoms with Crippen molar-refractivity contribution >= 4 is 15.7 Å². The van der Waals surface area contributed by atoms with Crippen molar-refractivity contribution in [2.24, 2.45) is 0 Å². The first-order valence-corrected chi connectivity index (χ1v) is 8.18. The van der Waals surface area contributed by atoms with Crippen LogP contribution < -0.4 is 14.2 Å². The third kappa shape index (κ3) is 3.33. The second kappa shape index (κ2) is 6.27. The van der Waals surface area contributed by atoms with E-state index in [4.69, 9.17) is 9.47 Å². The standard InChI is InChI=1S/C16H19NO4S/c1-11-5-7-15(21-4)16(9-11)22(18,19)17-13-6-8-14(20-3)12(2)10-13/h5-10,17H,1-4H3. The largest absolute Gasteiger partial charge is 0.496 e. The normalized spacial score (nSPS) is 11.1. The maximum atomic E-state index is 12.6. The van der Waals surface area contributed by atoms with Gasteiger partial charge in [-0.25, -0.2) is 8.42 Å². The van der Waals surface area contributed by atoms with Crippen molar-refractivity contribution < 1.29 is 17.9 Å². The maximum absolute atomic E-state index is 12.6. The molecule has 118 valence electrons. The Labute approximate surface area is 130 Å². The molecule has 0 heterocycles. The predicted molar refractivity (Wildman–Crippen MR) is 86.3 cm³/mol. The summed E-state index contributed by atoms with van der Waals surface area (Å²) in [7, 11) is -0.712. The maximum Gasteiger partial charge on any atom is 0.265 e. The molecule has 0 aliphatic rings. The Balaban J connectivity index is 2.40. The van der Waals surface area contributed by atoms with Crippen LogP contribution in [0.1, 0.15) is 11.1 Å². The highest BCUT2D eigenvalue weighted by Crippen LogP contribution is 2.28. The van der Waals surface area contributed by atoms with Crippen molar-refractivity contribution in [3.05, 3.63) is 47.5 Å². The van der Waals surface area contributed by atoms with E-state index in [1.54, 1.807) is 43.5 Å². The van der Waals surface area contributed by atoms with E-state index in [-0.39, 0.29) is 4.90 Å². The number of hydrogen-bond donors (Lipinski definition) is 1. The molecule has 0 saturated carbocycles. The number of benzene rings is 2. The van der Waals surface area contributed by atoms with Gasteiger partial charge in [0.15, 0.2) is 0 Å². The first-order valence-electron chi connectivity index (χ1n) is 6.69. The van der Waals surface area contributed by atoms with Gasteiger partial charge in [0.2, 0.25) is 0 Å². The second-order valence-corrected chi connectivity index (χ2v) is 6.60. The molecule has 1 N–H and O–H groups in total. The minimum Gasteiger partial charge on any atom is -0.496 e. The van der Waals surface area contributed by atoms with Crippen molar-refractivity contribution in [2.45, 2.75) is 18.7 Å². The van der Waals surface area contributed by atoms with E-state index in [1.807, 2.05) is 13.8 Å². The molecular weight excluding hydrogens is 302 g/mol. The number of ether oxygens (including phenoxy) is 2. The SMILES string of the molecule is COc1ccc(NS(=O)(=O)c2cc(C)ccc2OC)cc1C. The molecule has 22 heavy (non-hydrogen) atoms. The van der Waals surface area contributed by atoms with E-state index in [0.717, 1.165) is 11.1 Å². The van der Waals surface area contributed by atoms with Gasteiger partial charge in [-0.1, -0.05) is 6.07 Å². The molecular formula is C16H19NO4S. The monoisotopic (exact) mass is 321 g/mol. The van der Waals surface area contributed by atoms with Gasteiger partial charge in [-0.05, 0) is 55.3 Å². The fourth-order valence-corrected chi connectivity index (χ4v) is 3.45. The summed E-state index contributed by atoms with van der Waals surface area (Å²) in [6.07, 6.45) is 0. The van der Waals surface area contributed by atoms with Crippen molar-refractivity contribution in [3.8, 4) is 11.5 Å². The lowest BCUT2D eigenvalue weighted by Crippen LogP contribution is -2.14. The van der Waals surface area contributed by atoms with Gasteiger partial charge in [0.05, 0.1) is 14.2 Å². The van der Waals surface area contributed by atoms with E-state index in [1.165, 1.54) is 7.11 Å². The lowest BCUT2D eigenvalue weighted by molar-refractivity contribution is 0.402. The van der Waals surface area contributed by atoms with Crippen molar-refractivity contribution in [1.29, 1.82) is 0 Å². The fourth-order valence-electron chi connectivity index (χ4n) is 2.15. The third-order valence-electron chi connectivity index (χ3n) is 3.26. The van der Waals surface area contributed by atoms with E-state index in [9.17, 15) is 8.42 Å². The molecule has 0 unspecified atom stereocenters. The molecule has 2 aromatic carbocycles. The highest BCUT2D eigenvalue weighted by molar-refractivity contribution is 7.92. The van der Waals surface area contributed by atoms with Gasteiger partial charge < -0.3 is 9.47 Å². The molecule has 0 saturated heterocycles. The molecule has 5 nitrogen and oxygen atoms in total. The first-order chi connectivity index (χ1) is 10.4. The minimum absolute atomic E-state index is 0.114. The quantitative estimate of drug-likeness (QED) is 0.919. The van der Waals surface area contributed by atoms with Crippen LogP contribution in [0, 0.1) is 13.8 Å². The van der Waals surface area contributed by atoms with Crippen molar-refractivity contribution in [3.63, 3.8) is 0 Å².